The Morgan fingerprint density at radius 2 is 2.00 bits per heavy atom. The van der Waals surface area contributed by atoms with E-state index in [0.29, 0.717) is 12.1 Å². The molecule has 2 nitrogen and oxygen atoms in total. The van der Waals surface area contributed by atoms with Gasteiger partial charge < -0.3 is 9.73 Å². The van der Waals surface area contributed by atoms with Gasteiger partial charge in [0.05, 0.1) is 0 Å². The summed E-state index contributed by atoms with van der Waals surface area (Å²) in [5, 5.41) is 3.80. The fraction of sp³-hybridized carbons (Fsp3) is 0.750. The Balaban J connectivity index is 1.99. The van der Waals surface area contributed by atoms with E-state index in [1.165, 1.54) is 24.8 Å². The first kappa shape index (κ1) is 13.7. The molecule has 18 heavy (non-hydrogen) atoms. The summed E-state index contributed by atoms with van der Waals surface area (Å²) in [6, 6.07) is 3.22. The van der Waals surface area contributed by atoms with Gasteiger partial charge in [-0.05, 0) is 57.9 Å². The van der Waals surface area contributed by atoms with Crippen LogP contribution in [0, 0.1) is 25.7 Å². The molecule has 0 bridgehead atoms. The van der Waals surface area contributed by atoms with Gasteiger partial charge in [0.25, 0.3) is 0 Å². The fourth-order valence-electron chi connectivity index (χ4n) is 3.40. The van der Waals surface area contributed by atoms with Crippen LogP contribution in [-0.4, -0.2) is 6.04 Å². The van der Waals surface area contributed by atoms with E-state index < -0.39 is 0 Å². The highest BCUT2D eigenvalue weighted by molar-refractivity contribution is 5.23. The zero-order valence-electron chi connectivity index (χ0n) is 12.4. The Morgan fingerprint density at radius 3 is 2.56 bits per heavy atom. The third kappa shape index (κ3) is 2.97. The summed E-state index contributed by atoms with van der Waals surface area (Å²) in [6.45, 7) is 11.1. The predicted octanol–water partition coefficient (Wildman–Crippen LogP) is 4.37. The molecule has 0 saturated heterocycles. The monoisotopic (exact) mass is 249 g/mol. The number of nitrogens with one attached hydrogen (secondary N) is 1. The predicted molar refractivity (Wildman–Crippen MR) is 75.7 cm³/mol. The largest absolute Gasteiger partial charge is 0.466 e. The molecule has 1 aliphatic carbocycles. The zero-order chi connectivity index (χ0) is 13.3. The molecule has 0 aromatic carbocycles. The van der Waals surface area contributed by atoms with Crippen LogP contribution in [0.5, 0.6) is 0 Å². The third-order valence-electron chi connectivity index (χ3n) is 4.44. The van der Waals surface area contributed by atoms with Crippen molar-refractivity contribution in [2.24, 2.45) is 11.8 Å². The van der Waals surface area contributed by atoms with Gasteiger partial charge in [0.15, 0.2) is 0 Å². The molecule has 0 amide bonds. The first-order valence-electron chi connectivity index (χ1n) is 7.30. The topological polar surface area (TPSA) is 25.2 Å². The third-order valence-corrected chi connectivity index (χ3v) is 4.44. The van der Waals surface area contributed by atoms with Crippen LogP contribution in [-0.2, 0) is 0 Å². The van der Waals surface area contributed by atoms with Crippen molar-refractivity contribution >= 4 is 0 Å². The summed E-state index contributed by atoms with van der Waals surface area (Å²) in [7, 11) is 0. The molecule has 1 heterocycles. The maximum Gasteiger partial charge on any atom is 0.105 e. The van der Waals surface area contributed by atoms with E-state index >= 15 is 0 Å². The van der Waals surface area contributed by atoms with Crippen molar-refractivity contribution in [2.75, 3.05) is 0 Å². The van der Waals surface area contributed by atoms with Crippen molar-refractivity contribution < 1.29 is 4.42 Å². The number of furan rings is 1. The standard InChI is InChI=1S/C16H27NO/c1-10-6-7-16(11(2)8-10)17-13(4)15-9-12(3)18-14(15)5/h9-11,13,16-17H,6-8H2,1-5H3. The lowest BCUT2D eigenvalue weighted by atomic mass is 9.79. The van der Waals surface area contributed by atoms with Gasteiger partial charge in [0.2, 0.25) is 0 Å². The molecule has 102 valence electrons. The van der Waals surface area contributed by atoms with Crippen molar-refractivity contribution in [3.8, 4) is 0 Å². The summed E-state index contributed by atoms with van der Waals surface area (Å²) in [4.78, 5) is 0. The highest BCUT2D eigenvalue weighted by Gasteiger charge is 2.27. The second-order valence-electron chi connectivity index (χ2n) is 6.26. The maximum absolute atomic E-state index is 5.63. The molecule has 4 unspecified atom stereocenters. The Kier molecular flexibility index (Phi) is 4.16. The highest BCUT2D eigenvalue weighted by atomic mass is 16.3. The minimum absolute atomic E-state index is 0.392. The second kappa shape index (κ2) is 5.48. The van der Waals surface area contributed by atoms with E-state index in [1.807, 2.05) is 6.92 Å². The van der Waals surface area contributed by atoms with Crippen LogP contribution in [0.1, 0.15) is 63.2 Å². The minimum Gasteiger partial charge on any atom is -0.466 e. The average Bonchev–Trinajstić information content (AvgIpc) is 2.62. The maximum atomic E-state index is 5.63. The van der Waals surface area contributed by atoms with E-state index in [0.717, 1.165) is 23.4 Å². The van der Waals surface area contributed by atoms with Crippen molar-refractivity contribution in [1.82, 2.24) is 5.32 Å². The minimum atomic E-state index is 0.392. The lowest BCUT2D eigenvalue weighted by molar-refractivity contribution is 0.216. The first-order valence-corrected chi connectivity index (χ1v) is 7.30. The second-order valence-corrected chi connectivity index (χ2v) is 6.26. The van der Waals surface area contributed by atoms with Crippen molar-refractivity contribution in [3.63, 3.8) is 0 Å². The molecule has 4 atom stereocenters. The van der Waals surface area contributed by atoms with Crippen LogP contribution in [0.15, 0.2) is 10.5 Å². The summed E-state index contributed by atoms with van der Waals surface area (Å²) in [5.41, 5.74) is 1.32. The van der Waals surface area contributed by atoms with Crippen molar-refractivity contribution in [1.29, 1.82) is 0 Å². The average molecular weight is 249 g/mol. The van der Waals surface area contributed by atoms with E-state index in [-0.39, 0.29) is 0 Å². The van der Waals surface area contributed by atoms with E-state index in [1.54, 1.807) is 0 Å². The summed E-state index contributed by atoms with van der Waals surface area (Å²) in [6.07, 6.45) is 4.02. The zero-order valence-corrected chi connectivity index (χ0v) is 12.4. The quantitative estimate of drug-likeness (QED) is 0.860. The van der Waals surface area contributed by atoms with Crippen molar-refractivity contribution in [3.05, 3.63) is 23.2 Å². The number of hydrogen-bond acceptors (Lipinski definition) is 2. The molecule has 2 heteroatoms. The molecule has 0 spiro atoms. The van der Waals surface area contributed by atoms with Gasteiger partial charge in [-0.2, -0.15) is 0 Å². The molecule has 1 saturated carbocycles. The number of hydrogen-bond donors (Lipinski definition) is 1. The molecular weight excluding hydrogens is 222 g/mol. The van der Waals surface area contributed by atoms with Gasteiger partial charge in [0.1, 0.15) is 11.5 Å². The van der Waals surface area contributed by atoms with Crippen LogP contribution in [0.3, 0.4) is 0 Å². The summed E-state index contributed by atoms with van der Waals surface area (Å²) in [5.74, 6) is 3.75. The van der Waals surface area contributed by atoms with E-state index in [4.69, 9.17) is 4.42 Å². The van der Waals surface area contributed by atoms with Crippen molar-refractivity contribution in [2.45, 2.75) is 66.0 Å². The molecule has 1 aliphatic rings. The smallest absolute Gasteiger partial charge is 0.105 e. The molecule has 1 N–H and O–H groups in total. The molecule has 1 fully saturated rings. The Morgan fingerprint density at radius 1 is 1.28 bits per heavy atom. The van der Waals surface area contributed by atoms with Gasteiger partial charge in [-0.25, -0.2) is 0 Å². The summed E-state index contributed by atoms with van der Waals surface area (Å²) < 4.78 is 5.63. The van der Waals surface area contributed by atoms with Gasteiger partial charge in [-0.15, -0.1) is 0 Å². The van der Waals surface area contributed by atoms with Crippen LogP contribution >= 0.6 is 0 Å². The molecule has 0 aliphatic heterocycles. The van der Waals surface area contributed by atoms with Crippen LogP contribution < -0.4 is 5.32 Å². The van der Waals surface area contributed by atoms with Crippen LogP contribution in [0.25, 0.3) is 0 Å². The first-order chi connectivity index (χ1) is 8.47. The fourth-order valence-corrected chi connectivity index (χ4v) is 3.40. The molecule has 2 rings (SSSR count). The van der Waals surface area contributed by atoms with Crippen LogP contribution in [0.2, 0.25) is 0 Å². The van der Waals surface area contributed by atoms with Gasteiger partial charge in [-0.3, -0.25) is 0 Å². The van der Waals surface area contributed by atoms with E-state index in [9.17, 15) is 0 Å². The van der Waals surface area contributed by atoms with E-state index in [2.05, 4.69) is 39.1 Å². The van der Waals surface area contributed by atoms with Gasteiger partial charge in [-0.1, -0.05) is 13.8 Å². The lowest BCUT2D eigenvalue weighted by Gasteiger charge is -2.35. The molecule has 1 aromatic rings. The molecule has 1 aromatic heterocycles. The normalized spacial score (nSPS) is 30.4. The SMILES string of the molecule is Cc1cc(C(C)NC2CCC(C)CC2C)c(C)o1. The number of aryl methyl sites for hydroxylation is 2. The molecule has 0 radical (unpaired) electrons. The Hall–Kier alpha value is -0.760. The molecular formula is C16H27NO. The Bertz CT molecular complexity index is 396. The lowest BCUT2D eigenvalue weighted by Crippen LogP contribution is -2.40. The number of rotatable bonds is 3. The van der Waals surface area contributed by atoms with Crippen LogP contribution in [0.4, 0.5) is 0 Å². The Labute approximate surface area is 111 Å². The van der Waals surface area contributed by atoms with Gasteiger partial charge >= 0.3 is 0 Å². The highest BCUT2D eigenvalue weighted by Crippen LogP contribution is 2.31. The summed E-state index contributed by atoms with van der Waals surface area (Å²) >= 11 is 0. The van der Waals surface area contributed by atoms with Gasteiger partial charge in [0, 0.05) is 17.6 Å².